The van der Waals surface area contributed by atoms with Crippen LogP contribution in [0.1, 0.15) is 42.5 Å². The fourth-order valence-electron chi connectivity index (χ4n) is 3.98. The second-order valence-corrected chi connectivity index (χ2v) is 7.69. The fourth-order valence-corrected chi connectivity index (χ4v) is 4.16. The van der Waals surface area contributed by atoms with Crippen molar-refractivity contribution in [3.05, 3.63) is 64.2 Å². The summed E-state index contributed by atoms with van der Waals surface area (Å²) in [4.78, 5) is 13.2. The number of rotatable bonds is 6. The molecule has 1 saturated heterocycles. The minimum atomic E-state index is -4.53. The van der Waals surface area contributed by atoms with Crippen LogP contribution < -0.4 is 4.74 Å². The lowest BCUT2D eigenvalue weighted by atomic mass is 9.88. The van der Waals surface area contributed by atoms with Crippen molar-refractivity contribution in [3.8, 4) is 5.75 Å². The predicted molar refractivity (Wildman–Crippen MR) is 108 cm³/mol. The summed E-state index contributed by atoms with van der Waals surface area (Å²) in [7, 11) is 0. The molecule has 1 heterocycles. The van der Waals surface area contributed by atoms with E-state index in [1.54, 1.807) is 31.2 Å². The zero-order valence-electron chi connectivity index (χ0n) is 16.5. The Morgan fingerprint density at radius 2 is 1.87 bits per heavy atom. The van der Waals surface area contributed by atoms with E-state index in [1.165, 1.54) is 12.1 Å². The first-order valence-electron chi connectivity index (χ1n) is 9.77. The quantitative estimate of drug-likeness (QED) is 0.630. The van der Waals surface area contributed by atoms with Crippen LogP contribution in [0.2, 0.25) is 5.02 Å². The van der Waals surface area contributed by atoms with Crippen molar-refractivity contribution in [2.75, 3.05) is 19.7 Å². The fraction of sp³-hybridized carbons (Fsp3) is 0.409. The van der Waals surface area contributed by atoms with Crippen LogP contribution in [0.25, 0.3) is 0 Å². The molecule has 2 aromatic carbocycles. The Bertz CT molecular complexity index is 895. The molecule has 0 radical (unpaired) electrons. The molecule has 1 atom stereocenters. The number of alkyl halides is 3. The Balaban J connectivity index is 2.13. The average Bonchev–Trinajstić information content (AvgIpc) is 2.70. The molecule has 3 rings (SSSR count). The lowest BCUT2D eigenvalue weighted by Crippen LogP contribution is -2.40. The number of piperidine rings is 1. The Hall–Kier alpha value is -2.25. The number of hydrogen-bond donors (Lipinski definition) is 1. The summed E-state index contributed by atoms with van der Waals surface area (Å²) in [6.07, 6.45) is -3.80. The first-order chi connectivity index (χ1) is 14.2. The average molecular weight is 442 g/mol. The van der Waals surface area contributed by atoms with E-state index in [4.69, 9.17) is 16.3 Å². The van der Waals surface area contributed by atoms with Gasteiger partial charge in [0.15, 0.2) is 0 Å². The summed E-state index contributed by atoms with van der Waals surface area (Å²) >= 11 is 6.21. The summed E-state index contributed by atoms with van der Waals surface area (Å²) < 4.78 is 47.2. The number of halogens is 4. The maximum absolute atomic E-state index is 13.8. The highest BCUT2D eigenvalue weighted by Crippen LogP contribution is 2.43. The minimum Gasteiger partial charge on any atom is -0.494 e. The first kappa shape index (κ1) is 22.4. The predicted octanol–water partition coefficient (Wildman–Crippen LogP) is 5.64. The summed E-state index contributed by atoms with van der Waals surface area (Å²) in [5.41, 5.74) is -0.0883. The molecule has 1 aliphatic rings. The smallest absolute Gasteiger partial charge is 0.416 e. The SMILES string of the molecule is CCOc1ccc(Cl)cc1C(c1ccccc1C(F)(F)F)N1CCC(C(=O)O)CC1. The van der Waals surface area contributed by atoms with E-state index >= 15 is 0 Å². The van der Waals surface area contributed by atoms with Gasteiger partial charge in [0.2, 0.25) is 0 Å². The molecule has 0 bridgehead atoms. The number of aliphatic carboxylic acids is 1. The number of carboxylic acid groups (broad SMARTS) is 1. The van der Waals surface area contributed by atoms with Crippen LogP contribution in [0.4, 0.5) is 13.2 Å². The van der Waals surface area contributed by atoms with Crippen LogP contribution in [0.5, 0.6) is 5.75 Å². The number of benzene rings is 2. The van der Waals surface area contributed by atoms with E-state index in [-0.39, 0.29) is 5.56 Å². The molecule has 8 heteroatoms. The molecule has 1 unspecified atom stereocenters. The molecule has 0 saturated carbocycles. The van der Waals surface area contributed by atoms with Crippen LogP contribution in [-0.4, -0.2) is 35.7 Å². The van der Waals surface area contributed by atoms with Gasteiger partial charge in [-0.1, -0.05) is 29.8 Å². The van der Waals surface area contributed by atoms with E-state index in [0.717, 1.165) is 6.07 Å². The van der Waals surface area contributed by atoms with Crippen molar-refractivity contribution in [3.63, 3.8) is 0 Å². The molecule has 1 N–H and O–H groups in total. The van der Waals surface area contributed by atoms with Crippen LogP contribution >= 0.6 is 11.6 Å². The largest absolute Gasteiger partial charge is 0.494 e. The van der Waals surface area contributed by atoms with Gasteiger partial charge in [-0.2, -0.15) is 13.2 Å². The Morgan fingerprint density at radius 3 is 2.47 bits per heavy atom. The second-order valence-electron chi connectivity index (χ2n) is 7.25. The monoisotopic (exact) mass is 441 g/mol. The van der Waals surface area contributed by atoms with Gasteiger partial charge in [-0.15, -0.1) is 0 Å². The molecule has 0 spiro atoms. The molecule has 0 amide bonds. The molecule has 0 aromatic heterocycles. The van der Waals surface area contributed by atoms with Crippen LogP contribution in [-0.2, 0) is 11.0 Å². The van der Waals surface area contributed by atoms with E-state index in [2.05, 4.69) is 0 Å². The van der Waals surface area contributed by atoms with E-state index < -0.39 is 29.7 Å². The first-order valence-corrected chi connectivity index (χ1v) is 10.2. The van der Waals surface area contributed by atoms with Crippen molar-refractivity contribution in [1.82, 2.24) is 4.90 Å². The van der Waals surface area contributed by atoms with Gasteiger partial charge in [-0.3, -0.25) is 9.69 Å². The lowest BCUT2D eigenvalue weighted by molar-refractivity contribution is -0.143. The molecule has 1 fully saturated rings. The number of carboxylic acids is 1. The zero-order valence-corrected chi connectivity index (χ0v) is 17.2. The van der Waals surface area contributed by atoms with Crippen LogP contribution in [0, 0.1) is 5.92 Å². The number of nitrogens with zero attached hydrogens (tertiary/aromatic N) is 1. The highest BCUT2D eigenvalue weighted by molar-refractivity contribution is 6.30. The van der Waals surface area contributed by atoms with Crippen molar-refractivity contribution in [1.29, 1.82) is 0 Å². The Labute approximate surface area is 178 Å². The Morgan fingerprint density at radius 1 is 1.20 bits per heavy atom. The standard InChI is InChI=1S/C22H23ClF3NO3/c1-2-30-19-8-7-15(23)13-17(19)20(27-11-9-14(10-12-27)21(28)29)16-5-3-4-6-18(16)22(24,25)26/h3-8,13-14,20H,2,9-12H2,1H3,(H,28,29). The van der Waals surface area contributed by atoms with E-state index in [0.29, 0.717) is 48.9 Å². The second kappa shape index (κ2) is 9.27. The van der Waals surface area contributed by atoms with Gasteiger partial charge in [-0.05, 0) is 62.7 Å². The molecule has 0 aliphatic carbocycles. The van der Waals surface area contributed by atoms with Gasteiger partial charge in [0.25, 0.3) is 0 Å². The topological polar surface area (TPSA) is 49.8 Å². The molecular weight excluding hydrogens is 419 g/mol. The van der Waals surface area contributed by atoms with Crippen molar-refractivity contribution in [2.24, 2.45) is 5.92 Å². The highest BCUT2D eigenvalue weighted by atomic mass is 35.5. The molecule has 162 valence electrons. The Kier molecular flexibility index (Phi) is 6.93. The maximum atomic E-state index is 13.8. The third-order valence-corrected chi connectivity index (χ3v) is 5.61. The molecule has 1 aliphatic heterocycles. The molecular formula is C22H23ClF3NO3. The number of likely N-dealkylation sites (tertiary alicyclic amines) is 1. The van der Waals surface area contributed by atoms with Crippen LogP contribution in [0.15, 0.2) is 42.5 Å². The summed E-state index contributed by atoms with van der Waals surface area (Å²) in [5.74, 6) is -0.908. The van der Waals surface area contributed by atoms with Crippen LogP contribution in [0.3, 0.4) is 0 Å². The van der Waals surface area contributed by atoms with Crippen molar-refractivity contribution in [2.45, 2.75) is 32.0 Å². The maximum Gasteiger partial charge on any atom is 0.416 e. The van der Waals surface area contributed by atoms with Gasteiger partial charge in [0.1, 0.15) is 5.75 Å². The third-order valence-electron chi connectivity index (χ3n) is 5.37. The van der Waals surface area contributed by atoms with Crippen molar-refractivity contribution >= 4 is 17.6 Å². The molecule has 4 nitrogen and oxygen atoms in total. The lowest BCUT2D eigenvalue weighted by Gasteiger charge is -2.38. The van der Waals surface area contributed by atoms with Gasteiger partial charge >= 0.3 is 12.1 Å². The summed E-state index contributed by atoms with van der Waals surface area (Å²) in [6, 6.07) is 9.64. The van der Waals surface area contributed by atoms with E-state index in [1.807, 2.05) is 4.90 Å². The van der Waals surface area contributed by atoms with Gasteiger partial charge < -0.3 is 9.84 Å². The molecule has 2 aromatic rings. The number of carbonyl (C=O) groups is 1. The minimum absolute atomic E-state index is 0.0991. The summed E-state index contributed by atoms with van der Waals surface area (Å²) in [5, 5.41) is 9.69. The normalized spacial score (nSPS) is 17.0. The third kappa shape index (κ3) is 4.90. The number of ether oxygens (including phenoxy) is 1. The number of hydrogen-bond acceptors (Lipinski definition) is 3. The summed E-state index contributed by atoms with van der Waals surface area (Å²) in [6.45, 7) is 2.86. The van der Waals surface area contributed by atoms with Gasteiger partial charge in [-0.25, -0.2) is 0 Å². The van der Waals surface area contributed by atoms with E-state index in [9.17, 15) is 23.1 Å². The zero-order chi connectivity index (χ0) is 21.9. The highest BCUT2D eigenvalue weighted by Gasteiger charge is 2.39. The van der Waals surface area contributed by atoms with Gasteiger partial charge in [0, 0.05) is 10.6 Å². The molecule has 30 heavy (non-hydrogen) atoms. The van der Waals surface area contributed by atoms with Gasteiger partial charge in [0.05, 0.1) is 24.1 Å². The van der Waals surface area contributed by atoms with Crippen molar-refractivity contribution < 1.29 is 27.8 Å².